The molecule has 0 aliphatic heterocycles. The second-order valence-electron chi connectivity index (χ2n) is 1.24. The average Bonchev–Trinajstić information content (AvgIpc) is 2.14. The Bertz CT molecular complexity index is 271. The van der Waals surface area contributed by atoms with E-state index in [9.17, 15) is 14.9 Å². The van der Waals surface area contributed by atoms with E-state index in [4.69, 9.17) is 0 Å². The standard InChI is InChI=1S/C2H2N4O3/c7-2-3-1-5(4-2)6(8)9/h1H,(H,4,7). The minimum atomic E-state index is -0.797. The van der Waals surface area contributed by atoms with Crippen LogP contribution >= 0.6 is 0 Å². The zero-order valence-electron chi connectivity index (χ0n) is 4.14. The minimum absolute atomic E-state index is 0.377. The van der Waals surface area contributed by atoms with Crippen molar-refractivity contribution in [3.8, 4) is 0 Å². The highest BCUT2D eigenvalue weighted by molar-refractivity contribution is 4.52. The van der Waals surface area contributed by atoms with Gasteiger partial charge in [-0.1, -0.05) is 0 Å². The fourth-order valence-corrected chi connectivity index (χ4v) is 0.346. The zero-order valence-corrected chi connectivity index (χ0v) is 4.14. The maximum Gasteiger partial charge on any atom is 0.452 e. The molecule has 0 radical (unpaired) electrons. The second-order valence-corrected chi connectivity index (χ2v) is 1.24. The van der Waals surface area contributed by atoms with Crippen LogP contribution < -0.4 is 5.69 Å². The predicted octanol–water partition coefficient (Wildman–Crippen LogP) is -1.39. The number of hydrogen-bond acceptors (Lipinski definition) is 4. The van der Waals surface area contributed by atoms with E-state index in [-0.39, 0.29) is 0 Å². The van der Waals surface area contributed by atoms with Gasteiger partial charge in [0.05, 0.1) is 5.03 Å². The Balaban J connectivity index is 3.12. The molecule has 7 heteroatoms. The molecule has 1 heterocycles. The maximum absolute atomic E-state index is 10.1. The molecule has 1 aromatic heterocycles. The van der Waals surface area contributed by atoms with E-state index in [1.807, 2.05) is 5.10 Å². The van der Waals surface area contributed by atoms with E-state index < -0.39 is 10.7 Å². The fourth-order valence-electron chi connectivity index (χ4n) is 0.346. The van der Waals surface area contributed by atoms with E-state index in [1.165, 1.54) is 0 Å². The van der Waals surface area contributed by atoms with Crippen molar-refractivity contribution in [1.29, 1.82) is 0 Å². The number of nitro groups is 1. The van der Waals surface area contributed by atoms with Crippen LogP contribution in [0.15, 0.2) is 11.1 Å². The molecule has 0 saturated heterocycles. The van der Waals surface area contributed by atoms with Crippen LogP contribution in [0.1, 0.15) is 0 Å². The normalized spacial score (nSPS) is 9.33. The first-order valence-electron chi connectivity index (χ1n) is 1.98. The Morgan fingerprint density at radius 2 is 2.56 bits per heavy atom. The number of H-pyrrole nitrogens is 1. The van der Waals surface area contributed by atoms with Crippen LogP contribution in [0.3, 0.4) is 0 Å². The Morgan fingerprint density at radius 3 is 2.78 bits per heavy atom. The molecule has 0 aliphatic carbocycles. The first-order chi connectivity index (χ1) is 4.20. The number of hydrogen-bond donors (Lipinski definition) is 1. The molecule has 0 bridgehead atoms. The third-order valence-corrected chi connectivity index (χ3v) is 0.670. The molecule has 0 fully saturated rings. The predicted molar refractivity (Wildman–Crippen MR) is 25.2 cm³/mol. The summed E-state index contributed by atoms with van der Waals surface area (Å²) in [4.78, 5) is 23.3. The molecule has 1 N–H and O–H groups in total. The summed E-state index contributed by atoms with van der Waals surface area (Å²) in [5, 5.41) is 10.8. The quantitative estimate of drug-likeness (QED) is 0.374. The molecule has 48 valence electrons. The van der Waals surface area contributed by atoms with Crippen molar-refractivity contribution >= 4 is 0 Å². The van der Waals surface area contributed by atoms with Crippen LogP contribution in [0.2, 0.25) is 0 Å². The molecule has 0 amide bonds. The molecule has 1 aromatic rings. The lowest BCUT2D eigenvalue weighted by Crippen LogP contribution is -2.12. The average molecular weight is 130 g/mol. The van der Waals surface area contributed by atoms with Crippen molar-refractivity contribution in [2.75, 3.05) is 0 Å². The van der Waals surface area contributed by atoms with Gasteiger partial charge in [0.25, 0.3) is 0 Å². The SMILES string of the molecule is O=c1ncn([N+](=O)[O-])[nH]1. The van der Waals surface area contributed by atoms with Gasteiger partial charge in [0, 0.05) is 4.79 Å². The van der Waals surface area contributed by atoms with Crippen LogP contribution in [-0.4, -0.2) is 19.9 Å². The summed E-state index contributed by atoms with van der Waals surface area (Å²) in [6.45, 7) is 0. The zero-order chi connectivity index (χ0) is 6.85. The molecule has 0 atom stereocenters. The summed E-state index contributed by atoms with van der Waals surface area (Å²) in [6, 6.07) is 0. The monoisotopic (exact) mass is 130 g/mol. The first-order valence-corrected chi connectivity index (χ1v) is 1.98. The smallest absolute Gasteiger partial charge is 0.339 e. The molecule has 7 nitrogen and oxygen atoms in total. The van der Waals surface area contributed by atoms with Crippen molar-refractivity contribution in [1.82, 2.24) is 14.9 Å². The molecule has 0 aromatic carbocycles. The minimum Gasteiger partial charge on any atom is -0.339 e. The molecular formula is C2H2N4O3. The molecule has 0 spiro atoms. The van der Waals surface area contributed by atoms with E-state index in [0.717, 1.165) is 6.33 Å². The largest absolute Gasteiger partial charge is 0.452 e. The van der Waals surface area contributed by atoms with Gasteiger partial charge in [0.1, 0.15) is 0 Å². The van der Waals surface area contributed by atoms with Crippen molar-refractivity contribution in [2.24, 2.45) is 0 Å². The van der Waals surface area contributed by atoms with Gasteiger partial charge in [-0.15, -0.1) is 5.10 Å². The van der Waals surface area contributed by atoms with Gasteiger partial charge < -0.3 is 10.1 Å². The number of aromatic amines is 1. The van der Waals surface area contributed by atoms with Crippen molar-refractivity contribution in [2.45, 2.75) is 0 Å². The lowest BCUT2D eigenvalue weighted by molar-refractivity contribution is -0.553. The first kappa shape index (κ1) is 5.48. The molecule has 0 saturated carbocycles. The van der Waals surface area contributed by atoms with E-state index in [2.05, 4.69) is 4.98 Å². The fraction of sp³-hybridized carbons (Fsp3) is 0. The summed E-state index contributed by atoms with van der Waals surface area (Å²) in [6.07, 6.45) is 0.794. The van der Waals surface area contributed by atoms with Gasteiger partial charge in [-0.2, -0.15) is 4.98 Å². The lowest BCUT2D eigenvalue weighted by Gasteiger charge is -1.87. The summed E-state index contributed by atoms with van der Waals surface area (Å²) >= 11 is 0. The van der Waals surface area contributed by atoms with Crippen LogP contribution in [0.4, 0.5) is 0 Å². The maximum atomic E-state index is 10.1. The highest BCUT2D eigenvalue weighted by Crippen LogP contribution is 1.69. The third kappa shape index (κ3) is 0.929. The van der Waals surface area contributed by atoms with E-state index in [0.29, 0.717) is 4.79 Å². The van der Waals surface area contributed by atoms with Crippen LogP contribution in [0, 0.1) is 10.1 Å². The van der Waals surface area contributed by atoms with Crippen molar-refractivity contribution in [3.63, 3.8) is 0 Å². The highest BCUT2D eigenvalue weighted by atomic mass is 16.7. The van der Waals surface area contributed by atoms with Gasteiger partial charge in [0.2, 0.25) is 0 Å². The van der Waals surface area contributed by atoms with Gasteiger partial charge in [-0.25, -0.2) is 4.79 Å². The summed E-state index contributed by atoms with van der Waals surface area (Å²) < 4.78 is 0. The molecule has 9 heavy (non-hydrogen) atoms. The Morgan fingerprint density at radius 1 is 1.89 bits per heavy atom. The molecule has 1 rings (SSSR count). The molecule has 0 aliphatic rings. The van der Waals surface area contributed by atoms with Gasteiger partial charge >= 0.3 is 5.69 Å². The van der Waals surface area contributed by atoms with Crippen molar-refractivity contribution in [3.05, 3.63) is 26.9 Å². The number of aromatic nitrogens is 3. The number of nitrogens with zero attached hydrogens (tertiary/aromatic N) is 3. The lowest BCUT2D eigenvalue weighted by atomic mass is 11.3. The van der Waals surface area contributed by atoms with Gasteiger partial charge in [-0.05, 0) is 0 Å². The number of rotatable bonds is 1. The Hall–Kier alpha value is -1.66. The molecule has 0 unspecified atom stereocenters. The van der Waals surface area contributed by atoms with Crippen LogP contribution in [0.25, 0.3) is 0 Å². The highest BCUT2D eigenvalue weighted by Gasteiger charge is 1.98. The summed E-state index contributed by atoms with van der Waals surface area (Å²) in [5.74, 6) is 0. The summed E-state index contributed by atoms with van der Waals surface area (Å²) in [5.41, 5.74) is -0.730. The summed E-state index contributed by atoms with van der Waals surface area (Å²) in [7, 11) is 0. The topological polar surface area (TPSA) is 93.8 Å². The van der Waals surface area contributed by atoms with Gasteiger partial charge in [-0.3, -0.25) is 0 Å². The molecular weight excluding hydrogens is 128 g/mol. The number of nitrogens with one attached hydrogen (secondary N) is 1. The van der Waals surface area contributed by atoms with Crippen LogP contribution in [-0.2, 0) is 0 Å². The van der Waals surface area contributed by atoms with E-state index in [1.54, 1.807) is 0 Å². The third-order valence-electron chi connectivity index (χ3n) is 0.670. The second kappa shape index (κ2) is 1.69. The Labute approximate surface area is 48.0 Å². The van der Waals surface area contributed by atoms with E-state index >= 15 is 0 Å². The van der Waals surface area contributed by atoms with Crippen molar-refractivity contribution < 1.29 is 5.03 Å². The van der Waals surface area contributed by atoms with Gasteiger partial charge in [0.15, 0.2) is 6.33 Å². The Kier molecular flexibility index (Phi) is 1.03. The van der Waals surface area contributed by atoms with Crippen LogP contribution in [0.5, 0.6) is 0 Å².